The van der Waals surface area contributed by atoms with Crippen molar-refractivity contribution in [3.8, 4) is 11.5 Å². The van der Waals surface area contributed by atoms with Gasteiger partial charge in [-0.15, -0.1) is 0 Å². The summed E-state index contributed by atoms with van der Waals surface area (Å²) in [6, 6.07) is 6.59. The molecule has 0 spiro atoms. The van der Waals surface area contributed by atoms with Gasteiger partial charge in [-0.05, 0) is 61.1 Å². The Balaban J connectivity index is 1.70. The molecular weight excluding hydrogens is 302 g/mol. The maximum Gasteiger partial charge on any atom is 0.161 e. The van der Waals surface area contributed by atoms with Crippen molar-refractivity contribution in [1.82, 2.24) is 0 Å². The van der Waals surface area contributed by atoms with E-state index >= 15 is 0 Å². The van der Waals surface area contributed by atoms with Gasteiger partial charge in [-0.3, -0.25) is 4.99 Å². The molecule has 24 heavy (non-hydrogen) atoms. The lowest BCUT2D eigenvalue weighted by Gasteiger charge is -2.37. The third kappa shape index (κ3) is 2.41. The van der Waals surface area contributed by atoms with Crippen molar-refractivity contribution in [2.45, 2.75) is 44.1 Å². The first-order valence-electron chi connectivity index (χ1n) is 8.54. The number of aliphatic imine (C=N–C) groups is 1. The van der Waals surface area contributed by atoms with Gasteiger partial charge in [-0.2, -0.15) is 0 Å². The number of hydrogen-bond acceptors (Lipinski definition) is 4. The molecule has 4 nitrogen and oxygen atoms in total. The maximum absolute atomic E-state index is 5.77. The molecule has 1 aliphatic heterocycles. The summed E-state index contributed by atoms with van der Waals surface area (Å²) in [7, 11) is 3.36. The number of hydrogen-bond donors (Lipinski definition) is 0. The van der Waals surface area contributed by atoms with Gasteiger partial charge in [0.2, 0.25) is 0 Å². The Morgan fingerprint density at radius 3 is 2.62 bits per heavy atom. The topological polar surface area (TPSA) is 44.0 Å². The van der Waals surface area contributed by atoms with Crippen molar-refractivity contribution >= 4 is 6.21 Å². The quantitative estimate of drug-likeness (QED) is 0.837. The Hall–Kier alpha value is -2.23. The van der Waals surface area contributed by atoms with E-state index in [4.69, 9.17) is 18.9 Å². The minimum Gasteiger partial charge on any atom is -0.493 e. The van der Waals surface area contributed by atoms with Crippen LogP contribution in [-0.4, -0.2) is 26.5 Å². The first-order valence-corrected chi connectivity index (χ1v) is 8.54. The van der Waals surface area contributed by atoms with E-state index < -0.39 is 0 Å². The van der Waals surface area contributed by atoms with E-state index in [1.165, 1.54) is 11.1 Å². The highest BCUT2D eigenvalue weighted by molar-refractivity contribution is 5.85. The molecule has 0 amide bonds. The van der Waals surface area contributed by atoms with Crippen molar-refractivity contribution in [1.29, 1.82) is 0 Å². The average Bonchev–Trinajstić information content (AvgIpc) is 3.05. The molecule has 1 aliphatic carbocycles. The van der Waals surface area contributed by atoms with E-state index in [-0.39, 0.29) is 0 Å². The molecule has 0 N–H and O–H groups in total. The second kappa shape index (κ2) is 6.00. The number of methoxy groups -OCH3 is 2. The Labute approximate surface area is 142 Å². The summed E-state index contributed by atoms with van der Waals surface area (Å²) in [5, 5.41) is 0. The van der Waals surface area contributed by atoms with Crippen molar-refractivity contribution < 1.29 is 13.9 Å². The molecule has 3 unspecified atom stereocenters. The lowest BCUT2D eigenvalue weighted by atomic mass is 9.71. The molecular formula is C20H23NO3. The number of nitrogens with zero attached hydrogens (tertiary/aromatic N) is 1. The van der Waals surface area contributed by atoms with Gasteiger partial charge in [0, 0.05) is 18.1 Å². The van der Waals surface area contributed by atoms with E-state index in [2.05, 4.69) is 19.1 Å². The molecule has 0 saturated heterocycles. The van der Waals surface area contributed by atoms with Gasteiger partial charge in [-0.25, -0.2) is 0 Å². The highest BCUT2D eigenvalue weighted by atomic mass is 16.5. The lowest BCUT2D eigenvalue weighted by molar-refractivity contribution is 0.309. The Kier molecular flexibility index (Phi) is 3.83. The van der Waals surface area contributed by atoms with Gasteiger partial charge in [-0.1, -0.05) is 0 Å². The van der Waals surface area contributed by atoms with Crippen LogP contribution in [0.3, 0.4) is 0 Å². The molecule has 0 bridgehead atoms. The third-order valence-corrected chi connectivity index (χ3v) is 5.48. The Morgan fingerprint density at radius 1 is 1.12 bits per heavy atom. The molecule has 1 aromatic heterocycles. The maximum atomic E-state index is 5.77. The highest BCUT2D eigenvalue weighted by Crippen LogP contribution is 2.47. The van der Waals surface area contributed by atoms with Crippen LogP contribution in [-0.2, 0) is 0 Å². The Morgan fingerprint density at radius 2 is 1.92 bits per heavy atom. The summed E-state index contributed by atoms with van der Waals surface area (Å²) < 4.78 is 16.7. The fourth-order valence-corrected chi connectivity index (χ4v) is 4.23. The summed E-state index contributed by atoms with van der Waals surface area (Å²) in [4.78, 5) is 4.81. The van der Waals surface area contributed by atoms with E-state index in [0.29, 0.717) is 17.9 Å². The van der Waals surface area contributed by atoms with Gasteiger partial charge in [0.05, 0.1) is 26.5 Å². The SMILES string of the molecule is COc1cc2c(cc1OC)C1CC(c3occc3C)CCC1N=C2. The van der Waals surface area contributed by atoms with Gasteiger partial charge in [0.1, 0.15) is 5.76 Å². The number of benzene rings is 1. The largest absolute Gasteiger partial charge is 0.493 e. The molecule has 126 valence electrons. The molecule has 0 radical (unpaired) electrons. The standard InChI is InChI=1S/C20H23NO3/c1-12-6-7-24-20(12)13-4-5-17-16(8-13)15-10-19(23-3)18(22-2)9-14(15)11-21-17/h6-7,9-11,13,16-17H,4-5,8H2,1-3H3. The summed E-state index contributed by atoms with van der Waals surface area (Å²) >= 11 is 0. The molecule has 2 aromatic rings. The molecule has 1 saturated carbocycles. The van der Waals surface area contributed by atoms with Crippen LogP contribution in [0.2, 0.25) is 0 Å². The number of ether oxygens (including phenoxy) is 2. The summed E-state index contributed by atoms with van der Waals surface area (Å²) in [5.74, 6) is 3.57. The van der Waals surface area contributed by atoms with Crippen LogP contribution in [0.5, 0.6) is 11.5 Å². The molecule has 4 heteroatoms. The van der Waals surface area contributed by atoms with Crippen LogP contribution in [0.1, 0.15) is 53.5 Å². The first kappa shape index (κ1) is 15.3. The number of rotatable bonds is 3. The zero-order valence-corrected chi connectivity index (χ0v) is 14.4. The number of fused-ring (bicyclic) bond motifs is 3. The van der Waals surface area contributed by atoms with E-state index in [0.717, 1.165) is 42.1 Å². The summed E-state index contributed by atoms with van der Waals surface area (Å²) in [6.07, 6.45) is 7.10. The second-order valence-corrected chi connectivity index (χ2v) is 6.77. The van der Waals surface area contributed by atoms with Crippen molar-refractivity contribution in [2.24, 2.45) is 4.99 Å². The predicted octanol–water partition coefficient (Wildman–Crippen LogP) is 4.46. The molecule has 3 atom stereocenters. The fourth-order valence-electron chi connectivity index (χ4n) is 4.23. The third-order valence-electron chi connectivity index (χ3n) is 5.48. The van der Waals surface area contributed by atoms with E-state index in [1.54, 1.807) is 20.5 Å². The second-order valence-electron chi connectivity index (χ2n) is 6.77. The van der Waals surface area contributed by atoms with Gasteiger partial charge < -0.3 is 13.9 Å². The first-order chi connectivity index (χ1) is 11.7. The highest BCUT2D eigenvalue weighted by Gasteiger charge is 2.36. The zero-order valence-electron chi connectivity index (χ0n) is 14.4. The van der Waals surface area contributed by atoms with Crippen LogP contribution in [0, 0.1) is 6.92 Å². The minimum atomic E-state index is 0.363. The van der Waals surface area contributed by atoms with Crippen LogP contribution in [0.15, 0.2) is 33.9 Å². The molecule has 1 aromatic carbocycles. The minimum absolute atomic E-state index is 0.363. The zero-order chi connectivity index (χ0) is 16.7. The fraction of sp³-hybridized carbons (Fsp3) is 0.450. The van der Waals surface area contributed by atoms with Crippen LogP contribution < -0.4 is 9.47 Å². The monoisotopic (exact) mass is 325 g/mol. The van der Waals surface area contributed by atoms with Crippen molar-refractivity contribution in [3.05, 3.63) is 46.9 Å². The van der Waals surface area contributed by atoms with Crippen LogP contribution >= 0.6 is 0 Å². The van der Waals surface area contributed by atoms with E-state index in [1.807, 2.05) is 12.3 Å². The number of furan rings is 1. The van der Waals surface area contributed by atoms with E-state index in [9.17, 15) is 0 Å². The van der Waals surface area contributed by atoms with Crippen molar-refractivity contribution in [3.63, 3.8) is 0 Å². The average molecular weight is 325 g/mol. The van der Waals surface area contributed by atoms with Crippen molar-refractivity contribution in [2.75, 3.05) is 14.2 Å². The van der Waals surface area contributed by atoms with Gasteiger partial charge >= 0.3 is 0 Å². The smallest absolute Gasteiger partial charge is 0.161 e. The number of aryl methyl sites for hydroxylation is 1. The summed E-state index contributed by atoms with van der Waals surface area (Å²) in [5.41, 5.74) is 3.72. The normalized spacial score (nSPS) is 25.0. The molecule has 2 heterocycles. The Bertz CT molecular complexity index is 777. The molecule has 1 fully saturated rings. The molecule has 2 aliphatic rings. The van der Waals surface area contributed by atoms with Crippen LogP contribution in [0.25, 0.3) is 0 Å². The summed E-state index contributed by atoms with van der Waals surface area (Å²) in [6.45, 7) is 2.13. The van der Waals surface area contributed by atoms with Gasteiger partial charge in [0.15, 0.2) is 11.5 Å². The van der Waals surface area contributed by atoms with Crippen LogP contribution in [0.4, 0.5) is 0 Å². The molecule has 4 rings (SSSR count). The van der Waals surface area contributed by atoms with Gasteiger partial charge in [0.25, 0.3) is 0 Å². The lowest BCUT2D eigenvalue weighted by Crippen LogP contribution is -2.29. The predicted molar refractivity (Wildman–Crippen MR) is 93.7 cm³/mol.